The van der Waals surface area contributed by atoms with Crippen molar-refractivity contribution in [3.8, 4) is 0 Å². The predicted molar refractivity (Wildman–Crippen MR) is 72.2 cm³/mol. The predicted octanol–water partition coefficient (Wildman–Crippen LogP) is 2.30. The third-order valence-electron chi connectivity index (χ3n) is 2.85. The van der Waals surface area contributed by atoms with Crippen molar-refractivity contribution < 1.29 is 9.13 Å². The van der Waals surface area contributed by atoms with E-state index >= 15 is 0 Å². The molecule has 1 aromatic heterocycles. The summed E-state index contributed by atoms with van der Waals surface area (Å²) in [5.74, 6) is -1.08. The van der Waals surface area contributed by atoms with E-state index in [9.17, 15) is 9.18 Å². The molecule has 0 aliphatic rings. The number of anilines is 1. The summed E-state index contributed by atoms with van der Waals surface area (Å²) in [6.45, 7) is 2.75. The van der Waals surface area contributed by atoms with Gasteiger partial charge in [0.05, 0.1) is 6.20 Å². The molecule has 0 spiro atoms. The van der Waals surface area contributed by atoms with Gasteiger partial charge in [-0.2, -0.15) is 4.98 Å². The number of hydrogen-bond acceptors (Lipinski definition) is 4. The van der Waals surface area contributed by atoms with E-state index in [0.717, 1.165) is 23.6 Å². The van der Waals surface area contributed by atoms with Crippen LogP contribution in [0.15, 0.2) is 11.0 Å². The van der Waals surface area contributed by atoms with Crippen LogP contribution in [-0.4, -0.2) is 16.2 Å². The Labute approximate surface area is 112 Å². The Morgan fingerprint density at radius 2 is 2.00 bits per heavy atom. The molecule has 19 heavy (non-hydrogen) atoms. The van der Waals surface area contributed by atoms with E-state index in [1.807, 2.05) is 0 Å². The topological polar surface area (TPSA) is 70.1 Å². The second-order valence-electron chi connectivity index (χ2n) is 4.53. The van der Waals surface area contributed by atoms with Gasteiger partial charge < -0.3 is 10.5 Å². The van der Waals surface area contributed by atoms with Gasteiger partial charge in [-0.3, -0.25) is 4.57 Å². The first-order valence-electron chi connectivity index (χ1n) is 6.75. The molecule has 0 amide bonds. The van der Waals surface area contributed by atoms with E-state index in [2.05, 4.69) is 11.9 Å². The zero-order valence-electron chi connectivity index (χ0n) is 11.4. The molecule has 0 unspecified atom stereocenters. The molecule has 0 atom stereocenters. The van der Waals surface area contributed by atoms with Crippen molar-refractivity contribution in [3.05, 3.63) is 22.5 Å². The molecule has 108 valence electrons. The van der Waals surface area contributed by atoms with E-state index in [1.54, 1.807) is 0 Å². The fourth-order valence-electron chi connectivity index (χ4n) is 1.72. The maximum atomic E-state index is 13.1. The highest BCUT2D eigenvalue weighted by Crippen LogP contribution is 2.05. The van der Waals surface area contributed by atoms with Crippen molar-refractivity contribution in [1.29, 1.82) is 0 Å². The Balaban J connectivity index is 2.19. The average molecular weight is 271 g/mol. The number of ether oxygens (including phenoxy) is 1. The summed E-state index contributed by atoms with van der Waals surface area (Å²) in [7, 11) is 0. The highest BCUT2D eigenvalue weighted by Gasteiger charge is 2.04. The summed E-state index contributed by atoms with van der Waals surface area (Å²) in [5.41, 5.74) is 4.59. The van der Waals surface area contributed by atoms with Gasteiger partial charge in [-0.05, 0) is 6.42 Å². The molecule has 0 bridgehead atoms. The Kier molecular flexibility index (Phi) is 7.10. The minimum atomic E-state index is -0.706. The second kappa shape index (κ2) is 8.63. The van der Waals surface area contributed by atoms with Crippen LogP contribution in [0.2, 0.25) is 0 Å². The highest BCUT2D eigenvalue weighted by atomic mass is 19.1. The maximum Gasteiger partial charge on any atom is 0.351 e. The van der Waals surface area contributed by atoms with Crippen LogP contribution in [-0.2, 0) is 11.5 Å². The second-order valence-corrected chi connectivity index (χ2v) is 4.53. The molecule has 6 heteroatoms. The lowest BCUT2D eigenvalue weighted by Gasteiger charge is -2.07. The van der Waals surface area contributed by atoms with Gasteiger partial charge in [0.25, 0.3) is 0 Å². The van der Waals surface area contributed by atoms with Crippen molar-refractivity contribution in [1.82, 2.24) is 9.55 Å². The zero-order valence-corrected chi connectivity index (χ0v) is 11.4. The van der Waals surface area contributed by atoms with E-state index in [1.165, 1.54) is 25.7 Å². The fourth-order valence-corrected chi connectivity index (χ4v) is 1.72. The lowest BCUT2D eigenvalue weighted by molar-refractivity contribution is 0.0700. The smallest absolute Gasteiger partial charge is 0.351 e. The zero-order chi connectivity index (χ0) is 14.1. The van der Waals surface area contributed by atoms with Crippen molar-refractivity contribution in [3.63, 3.8) is 0 Å². The third-order valence-corrected chi connectivity index (χ3v) is 2.85. The summed E-state index contributed by atoms with van der Waals surface area (Å²) < 4.78 is 19.5. The third kappa shape index (κ3) is 5.83. The summed E-state index contributed by atoms with van der Waals surface area (Å²) in [4.78, 5) is 14.7. The molecular weight excluding hydrogens is 249 g/mol. The van der Waals surface area contributed by atoms with E-state index in [4.69, 9.17) is 10.5 Å². The first-order valence-corrected chi connectivity index (χ1v) is 6.75. The molecule has 0 aliphatic heterocycles. The van der Waals surface area contributed by atoms with Gasteiger partial charge in [0, 0.05) is 6.61 Å². The lowest BCUT2D eigenvalue weighted by Crippen LogP contribution is -2.25. The standard InChI is InChI=1S/C13H22FN3O2/c1-2-3-4-5-6-7-8-19-10-17-9-11(14)12(15)16-13(17)18/h9H,2-8,10H2,1H3,(H2,15,16,18). The molecule has 0 aliphatic carbocycles. The van der Waals surface area contributed by atoms with Gasteiger partial charge in [0.15, 0.2) is 11.6 Å². The number of nitrogens with zero attached hydrogens (tertiary/aromatic N) is 2. The quantitative estimate of drug-likeness (QED) is 0.700. The van der Waals surface area contributed by atoms with Crippen molar-refractivity contribution in [2.45, 2.75) is 52.2 Å². The van der Waals surface area contributed by atoms with Gasteiger partial charge in [-0.1, -0.05) is 39.0 Å². The van der Waals surface area contributed by atoms with Crippen LogP contribution in [0.25, 0.3) is 0 Å². The van der Waals surface area contributed by atoms with Crippen LogP contribution >= 0.6 is 0 Å². The van der Waals surface area contributed by atoms with E-state index in [0.29, 0.717) is 6.61 Å². The van der Waals surface area contributed by atoms with Crippen LogP contribution in [0.4, 0.5) is 10.2 Å². The minimum Gasteiger partial charge on any atom is -0.381 e. The van der Waals surface area contributed by atoms with Gasteiger partial charge in [-0.25, -0.2) is 9.18 Å². The van der Waals surface area contributed by atoms with E-state index in [-0.39, 0.29) is 12.5 Å². The van der Waals surface area contributed by atoms with Gasteiger partial charge >= 0.3 is 5.69 Å². The van der Waals surface area contributed by atoms with Crippen LogP contribution in [0.5, 0.6) is 0 Å². The molecule has 0 radical (unpaired) electrons. The largest absolute Gasteiger partial charge is 0.381 e. The molecule has 5 nitrogen and oxygen atoms in total. The molecule has 2 N–H and O–H groups in total. The Morgan fingerprint density at radius 1 is 1.32 bits per heavy atom. The molecule has 1 aromatic rings. The van der Waals surface area contributed by atoms with Gasteiger partial charge in [0.2, 0.25) is 0 Å². The molecule has 0 fully saturated rings. The molecular formula is C13H22FN3O2. The Hall–Kier alpha value is -1.43. The Morgan fingerprint density at radius 3 is 2.74 bits per heavy atom. The maximum absolute atomic E-state index is 13.1. The normalized spacial score (nSPS) is 10.8. The number of nitrogen functional groups attached to an aromatic ring is 1. The van der Waals surface area contributed by atoms with Crippen molar-refractivity contribution >= 4 is 5.82 Å². The number of aromatic nitrogens is 2. The highest BCUT2D eigenvalue weighted by molar-refractivity contribution is 5.26. The van der Waals surface area contributed by atoms with Gasteiger partial charge in [-0.15, -0.1) is 0 Å². The summed E-state index contributed by atoms with van der Waals surface area (Å²) in [6, 6.07) is 0. The molecule has 0 aromatic carbocycles. The minimum absolute atomic E-state index is 0.0119. The van der Waals surface area contributed by atoms with Gasteiger partial charge in [0.1, 0.15) is 6.73 Å². The van der Waals surface area contributed by atoms with E-state index < -0.39 is 11.5 Å². The SMILES string of the molecule is CCCCCCCCOCn1cc(F)c(N)nc1=O. The first-order chi connectivity index (χ1) is 9.15. The molecule has 0 saturated carbocycles. The summed E-state index contributed by atoms with van der Waals surface area (Å²) in [5, 5.41) is 0. The molecule has 0 saturated heterocycles. The van der Waals surface area contributed by atoms with Crippen LogP contribution in [0.3, 0.4) is 0 Å². The number of halogens is 1. The Bertz CT molecular complexity index is 434. The van der Waals surface area contributed by atoms with Crippen LogP contribution < -0.4 is 11.4 Å². The average Bonchev–Trinajstić information content (AvgIpc) is 2.38. The summed E-state index contributed by atoms with van der Waals surface area (Å²) >= 11 is 0. The lowest BCUT2D eigenvalue weighted by atomic mass is 10.1. The number of rotatable bonds is 9. The van der Waals surface area contributed by atoms with Crippen LogP contribution in [0, 0.1) is 5.82 Å². The fraction of sp³-hybridized carbons (Fsp3) is 0.692. The summed E-state index contributed by atoms with van der Waals surface area (Å²) in [6.07, 6.45) is 8.04. The number of hydrogen-bond donors (Lipinski definition) is 1. The number of nitrogens with two attached hydrogens (primary N) is 1. The van der Waals surface area contributed by atoms with Crippen molar-refractivity contribution in [2.24, 2.45) is 0 Å². The monoisotopic (exact) mass is 271 g/mol. The number of unbranched alkanes of at least 4 members (excludes halogenated alkanes) is 5. The molecule has 1 heterocycles. The molecule has 1 rings (SSSR count). The first kappa shape index (κ1) is 15.6. The van der Waals surface area contributed by atoms with Crippen LogP contribution in [0.1, 0.15) is 45.4 Å². The van der Waals surface area contributed by atoms with Crippen molar-refractivity contribution in [2.75, 3.05) is 12.3 Å².